The Bertz CT molecular complexity index is 633. The third kappa shape index (κ3) is 2.76. The maximum Gasteiger partial charge on any atom is 0.156 e. The fourth-order valence-electron chi connectivity index (χ4n) is 2.78. The summed E-state index contributed by atoms with van der Waals surface area (Å²) in [5.41, 5.74) is 2.38. The zero-order chi connectivity index (χ0) is 13.5. The first-order valence-corrected chi connectivity index (χ1v) is 7.40. The van der Waals surface area contributed by atoms with E-state index < -0.39 is 0 Å². The van der Waals surface area contributed by atoms with E-state index in [0.29, 0.717) is 6.42 Å². The highest BCUT2D eigenvalue weighted by atomic mass is 32.1. The van der Waals surface area contributed by atoms with Crippen LogP contribution >= 0.6 is 11.3 Å². The molecule has 0 radical (unpaired) electrons. The molecule has 1 aromatic heterocycles. The lowest BCUT2D eigenvalue weighted by Crippen LogP contribution is -2.22. The summed E-state index contributed by atoms with van der Waals surface area (Å²) in [6, 6.07) is 8.19. The second-order valence-electron chi connectivity index (χ2n) is 6.04. The molecule has 19 heavy (non-hydrogen) atoms. The molecule has 0 N–H and O–H groups in total. The highest BCUT2D eigenvalue weighted by Crippen LogP contribution is 2.35. The maximum absolute atomic E-state index is 11.8. The minimum absolute atomic E-state index is 0.0951. The first-order chi connectivity index (χ1) is 9.02. The van der Waals surface area contributed by atoms with Crippen LogP contribution in [-0.2, 0) is 11.2 Å². The van der Waals surface area contributed by atoms with E-state index in [9.17, 15) is 4.79 Å². The normalized spacial score (nSPS) is 18.6. The molecule has 3 rings (SSSR count). The van der Waals surface area contributed by atoms with Gasteiger partial charge in [-0.1, -0.05) is 31.6 Å². The van der Waals surface area contributed by atoms with Gasteiger partial charge in [-0.2, -0.15) is 0 Å². The predicted octanol–water partition coefficient (Wildman–Crippen LogP) is 4.15. The molecule has 2 aromatic rings. The Morgan fingerprint density at radius 3 is 2.79 bits per heavy atom. The molecule has 1 aromatic carbocycles. The van der Waals surface area contributed by atoms with Crippen molar-refractivity contribution in [3.05, 3.63) is 40.9 Å². The van der Waals surface area contributed by atoms with Gasteiger partial charge < -0.3 is 0 Å². The van der Waals surface area contributed by atoms with Gasteiger partial charge in [-0.05, 0) is 30.0 Å². The second kappa shape index (κ2) is 4.57. The van der Waals surface area contributed by atoms with Gasteiger partial charge in [0.1, 0.15) is 0 Å². The second-order valence-corrected chi connectivity index (χ2v) is 7.15. The molecule has 1 aliphatic carbocycles. The van der Waals surface area contributed by atoms with Crippen molar-refractivity contribution in [2.45, 2.75) is 33.1 Å². The monoisotopic (exact) mass is 271 g/mol. The molecule has 0 saturated carbocycles. The van der Waals surface area contributed by atoms with Gasteiger partial charge >= 0.3 is 0 Å². The smallest absolute Gasteiger partial charge is 0.156 e. The third-order valence-corrected chi connectivity index (χ3v) is 4.48. The van der Waals surface area contributed by atoms with Crippen molar-refractivity contribution < 1.29 is 4.79 Å². The van der Waals surface area contributed by atoms with Crippen LogP contribution in [0.4, 0.5) is 0 Å². The summed E-state index contributed by atoms with van der Waals surface area (Å²) < 4.78 is 1.22. The van der Waals surface area contributed by atoms with Crippen LogP contribution in [0.1, 0.15) is 31.7 Å². The fraction of sp³-hybridized carbons (Fsp3) is 0.375. The number of carbonyl (C=O) groups excluding carboxylic acids is 1. The molecule has 0 atom stereocenters. The zero-order valence-corrected chi connectivity index (χ0v) is 12.1. The van der Waals surface area contributed by atoms with E-state index in [1.807, 2.05) is 24.3 Å². The molecule has 98 valence electrons. The molecule has 0 amide bonds. The number of rotatable bonds is 2. The number of fused-ring (bicyclic) bond motifs is 1. The summed E-state index contributed by atoms with van der Waals surface area (Å²) in [6.45, 7) is 4.33. The fourth-order valence-corrected chi connectivity index (χ4v) is 3.80. The van der Waals surface area contributed by atoms with E-state index in [4.69, 9.17) is 0 Å². The number of nitrogens with zero attached hydrogens (tertiary/aromatic N) is 1. The van der Waals surface area contributed by atoms with Crippen LogP contribution in [0, 0.1) is 5.41 Å². The molecule has 1 heterocycles. The van der Waals surface area contributed by atoms with Crippen molar-refractivity contribution in [3.8, 4) is 0 Å². The van der Waals surface area contributed by atoms with Gasteiger partial charge in [-0.25, -0.2) is 4.98 Å². The van der Waals surface area contributed by atoms with E-state index in [1.165, 1.54) is 10.3 Å². The van der Waals surface area contributed by atoms with Crippen LogP contribution in [0.2, 0.25) is 0 Å². The quantitative estimate of drug-likeness (QED) is 0.821. The van der Waals surface area contributed by atoms with Gasteiger partial charge in [-0.15, -0.1) is 11.3 Å². The van der Waals surface area contributed by atoms with Crippen LogP contribution in [0.5, 0.6) is 0 Å². The summed E-state index contributed by atoms with van der Waals surface area (Å²) in [4.78, 5) is 16.4. The number of hydrogen-bond acceptors (Lipinski definition) is 3. The Labute approximate surface area is 117 Å². The van der Waals surface area contributed by atoms with Crippen molar-refractivity contribution in [3.63, 3.8) is 0 Å². The Morgan fingerprint density at radius 2 is 2.05 bits per heavy atom. The Morgan fingerprint density at radius 1 is 1.26 bits per heavy atom. The van der Waals surface area contributed by atoms with E-state index in [1.54, 1.807) is 11.3 Å². The summed E-state index contributed by atoms with van der Waals surface area (Å²) in [6.07, 6.45) is 4.30. The lowest BCUT2D eigenvalue weighted by molar-refractivity contribution is -0.117. The summed E-state index contributed by atoms with van der Waals surface area (Å²) in [5.74, 6) is 0.257. The van der Waals surface area contributed by atoms with Crippen LogP contribution < -0.4 is 0 Å². The average molecular weight is 271 g/mol. The number of para-hydroxylation sites is 1. The van der Waals surface area contributed by atoms with Gasteiger partial charge in [0, 0.05) is 12.8 Å². The Balaban J connectivity index is 1.86. The molecular formula is C16H17NOS. The van der Waals surface area contributed by atoms with Gasteiger partial charge in [0.15, 0.2) is 5.78 Å². The minimum Gasteiger partial charge on any atom is -0.295 e. The summed E-state index contributed by atoms with van der Waals surface area (Å²) in [5, 5.41) is 1.11. The van der Waals surface area contributed by atoms with Crippen molar-refractivity contribution in [1.82, 2.24) is 4.98 Å². The van der Waals surface area contributed by atoms with E-state index in [2.05, 4.69) is 24.9 Å². The number of carbonyl (C=O) groups is 1. The molecule has 0 aliphatic heterocycles. The first kappa shape index (κ1) is 12.5. The lowest BCUT2D eigenvalue weighted by Gasteiger charge is -2.28. The van der Waals surface area contributed by atoms with E-state index >= 15 is 0 Å². The minimum atomic E-state index is 0.0951. The molecular weight excluding hydrogens is 254 g/mol. The topological polar surface area (TPSA) is 30.0 Å². The van der Waals surface area contributed by atoms with Gasteiger partial charge in [0.2, 0.25) is 0 Å². The SMILES string of the molecule is CC1(C)CC(=O)C=C(Cc2nc3ccccc3s2)C1. The number of hydrogen-bond donors (Lipinski definition) is 0. The number of thiazole rings is 1. The lowest BCUT2D eigenvalue weighted by atomic mass is 9.76. The van der Waals surface area contributed by atoms with Gasteiger partial charge in [0.25, 0.3) is 0 Å². The summed E-state index contributed by atoms with van der Waals surface area (Å²) in [7, 11) is 0. The Kier molecular flexibility index (Phi) is 3.02. The maximum atomic E-state index is 11.8. The molecule has 0 spiro atoms. The highest BCUT2D eigenvalue weighted by molar-refractivity contribution is 7.18. The standard InChI is InChI=1S/C16H17NOS/c1-16(2)9-11(7-12(18)10-16)8-15-17-13-5-3-4-6-14(13)19-15/h3-7H,8-10H2,1-2H3. The Hall–Kier alpha value is -1.48. The van der Waals surface area contributed by atoms with Crippen molar-refractivity contribution in [2.24, 2.45) is 5.41 Å². The van der Waals surface area contributed by atoms with E-state index in [0.717, 1.165) is 23.4 Å². The number of benzene rings is 1. The molecule has 0 bridgehead atoms. The summed E-state index contributed by atoms with van der Waals surface area (Å²) >= 11 is 1.73. The zero-order valence-electron chi connectivity index (χ0n) is 11.3. The molecule has 2 nitrogen and oxygen atoms in total. The van der Waals surface area contributed by atoms with Gasteiger partial charge in [0.05, 0.1) is 15.2 Å². The highest BCUT2D eigenvalue weighted by Gasteiger charge is 2.27. The van der Waals surface area contributed by atoms with Crippen molar-refractivity contribution >= 4 is 27.3 Å². The van der Waals surface area contributed by atoms with Crippen LogP contribution in [0.15, 0.2) is 35.9 Å². The third-order valence-electron chi connectivity index (χ3n) is 3.44. The number of allylic oxidation sites excluding steroid dienone is 2. The first-order valence-electron chi connectivity index (χ1n) is 6.59. The molecule has 3 heteroatoms. The van der Waals surface area contributed by atoms with Crippen molar-refractivity contribution in [2.75, 3.05) is 0 Å². The predicted molar refractivity (Wildman–Crippen MR) is 79.4 cm³/mol. The largest absolute Gasteiger partial charge is 0.295 e. The molecule has 0 saturated heterocycles. The molecule has 0 unspecified atom stereocenters. The average Bonchev–Trinajstić information content (AvgIpc) is 2.67. The molecule has 1 aliphatic rings. The van der Waals surface area contributed by atoms with Crippen molar-refractivity contribution in [1.29, 1.82) is 0 Å². The number of ketones is 1. The number of aromatic nitrogens is 1. The van der Waals surface area contributed by atoms with E-state index in [-0.39, 0.29) is 11.2 Å². The van der Waals surface area contributed by atoms with Crippen LogP contribution in [0.25, 0.3) is 10.2 Å². The molecule has 0 fully saturated rings. The van der Waals surface area contributed by atoms with Gasteiger partial charge in [-0.3, -0.25) is 4.79 Å². The van der Waals surface area contributed by atoms with Crippen LogP contribution in [-0.4, -0.2) is 10.8 Å². The van der Waals surface area contributed by atoms with Crippen LogP contribution in [0.3, 0.4) is 0 Å².